The summed E-state index contributed by atoms with van der Waals surface area (Å²) in [7, 11) is 1.62. The van der Waals surface area contributed by atoms with Gasteiger partial charge in [0.2, 0.25) is 5.91 Å². The first-order valence-electron chi connectivity index (χ1n) is 9.23. The number of nitrogens with zero attached hydrogens (tertiary/aromatic N) is 1. The van der Waals surface area contributed by atoms with Crippen molar-refractivity contribution in [3.05, 3.63) is 72.0 Å². The van der Waals surface area contributed by atoms with Crippen LogP contribution in [0.2, 0.25) is 0 Å². The molecule has 3 rings (SSSR count). The van der Waals surface area contributed by atoms with Gasteiger partial charge in [-0.2, -0.15) is 0 Å². The highest BCUT2D eigenvalue weighted by atomic mass is 19.1. The number of carbonyl (C=O) groups excluding carboxylic acids is 1. The van der Waals surface area contributed by atoms with Crippen LogP contribution < -0.4 is 10.1 Å². The zero-order chi connectivity index (χ0) is 19.9. The van der Waals surface area contributed by atoms with Crippen molar-refractivity contribution in [2.45, 2.75) is 32.2 Å². The summed E-state index contributed by atoms with van der Waals surface area (Å²) in [6.45, 7) is 2.02. The Balaban J connectivity index is 1.57. The number of carbonyl (C=O) groups is 1. The fraction of sp³-hybridized carbons (Fsp3) is 0.273. The van der Waals surface area contributed by atoms with Gasteiger partial charge in [-0.05, 0) is 36.2 Å². The summed E-state index contributed by atoms with van der Waals surface area (Å²) >= 11 is 0. The molecule has 1 amide bonds. The van der Waals surface area contributed by atoms with Crippen molar-refractivity contribution in [2.75, 3.05) is 7.11 Å². The van der Waals surface area contributed by atoms with Crippen molar-refractivity contribution in [3.8, 4) is 17.1 Å². The number of aromatic nitrogens is 1. The largest absolute Gasteiger partial charge is 0.497 e. The molecule has 5 nitrogen and oxygen atoms in total. The van der Waals surface area contributed by atoms with E-state index in [1.165, 1.54) is 12.3 Å². The summed E-state index contributed by atoms with van der Waals surface area (Å²) in [4.78, 5) is 16.5. The van der Waals surface area contributed by atoms with E-state index in [4.69, 9.17) is 9.15 Å². The molecule has 1 unspecified atom stereocenters. The zero-order valence-corrected chi connectivity index (χ0v) is 15.9. The third-order valence-corrected chi connectivity index (χ3v) is 4.52. The van der Waals surface area contributed by atoms with E-state index in [-0.39, 0.29) is 24.2 Å². The van der Waals surface area contributed by atoms with Gasteiger partial charge in [-0.3, -0.25) is 4.79 Å². The number of hydrogen-bond acceptors (Lipinski definition) is 4. The van der Waals surface area contributed by atoms with Crippen LogP contribution in [0.4, 0.5) is 4.39 Å². The molecule has 6 heteroatoms. The molecule has 0 radical (unpaired) electrons. The molecule has 0 saturated carbocycles. The van der Waals surface area contributed by atoms with Gasteiger partial charge in [0, 0.05) is 12.8 Å². The van der Waals surface area contributed by atoms with Gasteiger partial charge in [0.15, 0.2) is 11.7 Å². The molecule has 28 heavy (non-hydrogen) atoms. The molecule has 1 aromatic heterocycles. The lowest BCUT2D eigenvalue weighted by atomic mass is 10.0. The van der Waals surface area contributed by atoms with Crippen LogP contribution in [-0.4, -0.2) is 18.0 Å². The first kappa shape index (κ1) is 19.6. The normalized spacial score (nSPS) is 11.8. The lowest BCUT2D eigenvalue weighted by Gasteiger charge is -2.17. The van der Waals surface area contributed by atoms with E-state index in [9.17, 15) is 9.18 Å². The number of aryl methyl sites for hydroxylation is 1. The highest BCUT2D eigenvalue weighted by molar-refractivity contribution is 5.76. The quantitative estimate of drug-likeness (QED) is 0.614. The summed E-state index contributed by atoms with van der Waals surface area (Å²) < 4.78 is 24.6. The molecular weight excluding hydrogens is 359 g/mol. The van der Waals surface area contributed by atoms with E-state index in [1.807, 2.05) is 31.2 Å². The molecule has 0 spiro atoms. The number of oxazole rings is 1. The number of ether oxygens (including phenoxy) is 1. The van der Waals surface area contributed by atoms with Crippen molar-refractivity contribution in [1.29, 1.82) is 0 Å². The van der Waals surface area contributed by atoms with Gasteiger partial charge >= 0.3 is 0 Å². The molecular formula is C22H23FN2O3. The average molecular weight is 382 g/mol. The van der Waals surface area contributed by atoms with E-state index in [1.54, 1.807) is 25.3 Å². The van der Waals surface area contributed by atoms with Gasteiger partial charge < -0.3 is 14.5 Å². The van der Waals surface area contributed by atoms with Crippen molar-refractivity contribution in [1.82, 2.24) is 10.3 Å². The highest BCUT2D eigenvalue weighted by Crippen LogP contribution is 2.24. The van der Waals surface area contributed by atoms with Crippen LogP contribution in [0.15, 0.2) is 59.1 Å². The summed E-state index contributed by atoms with van der Waals surface area (Å²) in [5.74, 6) is 1.09. The van der Waals surface area contributed by atoms with E-state index in [0.29, 0.717) is 23.6 Å². The van der Waals surface area contributed by atoms with Crippen molar-refractivity contribution in [2.24, 2.45) is 0 Å². The van der Waals surface area contributed by atoms with Crippen molar-refractivity contribution < 1.29 is 18.3 Å². The van der Waals surface area contributed by atoms with E-state index in [0.717, 1.165) is 17.7 Å². The molecule has 1 N–H and O–H groups in total. The van der Waals surface area contributed by atoms with Gasteiger partial charge in [0.05, 0.1) is 24.9 Å². The SMILES string of the molecule is CCC(NC(=O)CCc1ncc(-c2ccccc2F)o1)c1ccc(OC)cc1. The molecule has 3 aromatic rings. The van der Waals surface area contributed by atoms with Crippen LogP contribution in [0, 0.1) is 5.82 Å². The Kier molecular flexibility index (Phi) is 6.42. The molecule has 0 bridgehead atoms. The first-order chi connectivity index (χ1) is 13.6. The van der Waals surface area contributed by atoms with Crippen LogP contribution in [0.5, 0.6) is 5.75 Å². The Morgan fingerprint density at radius 1 is 1.21 bits per heavy atom. The summed E-state index contributed by atoms with van der Waals surface area (Å²) in [5.41, 5.74) is 1.38. The first-order valence-corrected chi connectivity index (χ1v) is 9.23. The molecule has 1 atom stereocenters. The third kappa shape index (κ3) is 4.76. The molecule has 2 aromatic carbocycles. The fourth-order valence-electron chi connectivity index (χ4n) is 2.96. The molecule has 0 saturated heterocycles. The topological polar surface area (TPSA) is 64.4 Å². The number of hydrogen-bond donors (Lipinski definition) is 1. The summed E-state index contributed by atoms with van der Waals surface area (Å²) in [6, 6.07) is 13.9. The molecule has 1 heterocycles. The number of rotatable bonds is 8. The Morgan fingerprint density at radius 2 is 1.96 bits per heavy atom. The second-order valence-corrected chi connectivity index (χ2v) is 6.40. The Labute approximate surface area is 163 Å². The summed E-state index contributed by atoms with van der Waals surface area (Å²) in [5, 5.41) is 3.03. The standard InChI is InChI=1S/C22H23FN2O3/c1-3-19(15-8-10-16(27-2)11-9-15)25-21(26)12-13-22-24-14-20(28-22)17-6-4-5-7-18(17)23/h4-11,14,19H,3,12-13H2,1-2H3,(H,25,26). The average Bonchev–Trinajstić information content (AvgIpc) is 3.20. The minimum atomic E-state index is -0.367. The molecule has 146 valence electrons. The maximum atomic E-state index is 13.8. The van der Waals surface area contributed by atoms with Gasteiger partial charge in [-0.15, -0.1) is 0 Å². The van der Waals surface area contributed by atoms with E-state index < -0.39 is 0 Å². The second kappa shape index (κ2) is 9.17. The minimum Gasteiger partial charge on any atom is -0.497 e. The van der Waals surface area contributed by atoms with Crippen LogP contribution in [-0.2, 0) is 11.2 Å². The molecule has 0 aliphatic heterocycles. The lowest BCUT2D eigenvalue weighted by molar-refractivity contribution is -0.121. The third-order valence-electron chi connectivity index (χ3n) is 4.52. The summed E-state index contributed by atoms with van der Waals surface area (Å²) in [6.07, 6.45) is 2.84. The van der Waals surface area contributed by atoms with Gasteiger partial charge in [-0.1, -0.05) is 31.2 Å². The highest BCUT2D eigenvalue weighted by Gasteiger charge is 2.15. The molecule has 0 aliphatic carbocycles. The number of halogens is 1. The smallest absolute Gasteiger partial charge is 0.220 e. The maximum absolute atomic E-state index is 13.8. The van der Waals surface area contributed by atoms with Gasteiger partial charge in [0.1, 0.15) is 11.6 Å². The predicted octanol–water partition coefficient (Wildman–Crippen LogP) is 4.69. The second-order valence-electron chi connectivity index (χ2n) is 6.40. The Hall–Kier alpha value is -3.15. The number of amides is 1. The number of benzene rings is 2. The van der Waals surface area contributed by atoms with E-state index in [2.05, 4.69) is 10.3 Å². The van der Waals surface area contributed by atoms with Gasteiger partial charge in [0.25, 0.3) is 0 Å². The van der Waals surface area contributed by atoms with E-state index >= 15 is 0 Å². The maximum Gasteiger partial charge on any atom is 0.220 e. The van der Waals surface area contributed by atoms with Crippen molar-refractivity contribution >= 4 is 5.91 Å². The Morgan fingerprint density at radius 3 is 2.64 bits per heavy atom. The fourth-order valence-corrected chi connectivity index (χ4v) is 2.96. The van der Waals surface area contributed by atoms with Crippen LogP contribution in [0.25, 0.3) is 11.3 Å². The predicted molar refractivity (Wildman–Crippen MR) is 104 cm³/mol. The molecule has 0 aliphatic rings. The Bertz CT molecular complexity index is 922. The monoisotopic (exact) mass is 382 g/mol. The van der Waals surface area contributed by atoms with Crippen LogP contribution >= 0.6 is 0 Å². The van der Waals surface area contributed by atoms with Crippen molar-refractivity contribution in [3.63, 3.8) is 0 Å². The minimum absolute atomic E-state index is 0.0723. The molecule has 0 fully saturated rings. The zero-order valence-electron chi connectivity index (χ0n) is 15.9. The number of methoxy groups -OCH3 is 1. The number of nitrogens with one attached hydrogen (secondary N) is 1. The van der Waals surface area contributed by atoms with Crippen LogP contribution in [0.3, 0.4) is 0 Å². The van der Waals surface area contributed by atoms with Crippen LogP contribution in [0.1, 0.15) is 37.3 Å². The van der Waals surface area contributed by atoms with Gasteiger partial charge in [-0.25, -0.2) is 9.37 Å². The lowest BCUT2D eigenvalue weighted by Crippen LogP contribution is -2.28.